The highest BCUT2D eigenvalue weighted by molar-refractivity contribution is 5.73. The molecule has 3 rings (SSSR count). The minimum atomic E-state index is -0.172. The molecule has 0 saturated carbocycles. The van der Waals surface area contributed by atoms with Crippen molar-refractivity contribution in [2.24, 2.45) is 0 Å². The third kappa shape index (κ3) is 3.53. The molecule has 2 N–H and O–H groups in total. The van der Waals surface area contributed by atoms with Crippen molar-refractivity contribution in [3.05, 3.63) is 48.5 Å². The Balaban J connectivity index is 1.35. The molecule has 6 nitrogen and oxygen atoms in total. The summed E-state index contributed by atoms with van der Waals surface area (Å²) >= 11 is 0. The van der Waals surface area contributed by atoms with E-state index >= 15 is 0 Å². The number of fused-ring (bicyclic) bond motifs is 1. The van der Waals surface area contributed by atoms with Gasteiger partial charge in [-0.25, -0.2) is 9.78 Å². The van der Waals surface area contributed by atoms with Crippen LogP contribution >= 0.6 is 0 Å². The number of nitrogens with one attached hydrogen (secondary N) is 2. The zero-order valence-electron chi connectivity index (χ0n) is 11.7. The van der Waals surface area contributed by atoms with Gasteiger partial charge in [0, 0.05) is 31.9 Å². The second-order valence-corrected chi connectivity index (χ2v) is 4.99. The number of para-hydroxylation sites is 1. The van der Waals surface area contributed by atoms with Gasteiger partial charge < -0.3 is 19.9 Å². The fraction of sp³-hybridized carbons (Fsp3) is 0.333. The summed E-state index contributed by atoms with van der Waals surface area (Å²) in [6.07, 6.45) is 6.16. The molecule has 0 fully saturated rings. The van der Waals surface area contributed by atoms with Crippen LogP contribution in [0.1, 0.15) is 5.56 Å². The first-order chi connectivity index (χ1) is 10.3. The molecule has 21 heavy (non-hydrogen) atoms. The van der Waals surface area contributed by atoms with E-state index in [0.717, 1.165) is 12.2 Å². The maximum Gasteiger partial charge on any atom is 0.314 e. The molecule has 0 spiro atoms. The van der Waals surface area contributed by atoms with Crippen molar-refractivity contribution >= 4 is 6.03 Å². The lowest BCUT2D eigenvalue weighted by molar-refractivity contribution is 0.214. The second kappa shape index (κ2) is 6.30. The number of urea groups is 1. The van der Waals surface area contributed by atoms with Crippen LogP contribution in [0.15, 0.2) is 43.0 Å². The van der Waals surface area contributed by atoms with Crippen LogP contribution in [-0.2, 0) is 13.0 Å². The zero-order chi connectivity index (χ0) is 14.5. The molecule has 1 aromatic carbocycles. The largest absolute Gasteiger partial charge is 0.488 e. The average Bonchev–Trinajstić information content (AvgIpc) is 3.13. The molecule has 0 aliphatic carbocycles. The van der Waals surface area contributed by atoms with E-state index in [1.165, 1.54) is 5.56 Å². The van der Waals surface area contributed by atoms with Crippen molar-refractivity contribution in [2.45, 2.75) is 19.1 Å². The number of imidazole rings is 1. The molecule has 2 heterocycles. The number of benzene rings is 1. The molecule has 110 valence electrons. The van der Waals surface area contributed by atoms with E-state index in [4.69, 9.17) is 4.74 Å². The number of hydrogen-bond acceptors (Lipinski definition) is 3. The van der Waals surface area contributed by atoms with Crippen molar-refractivity contribution < 1.29 is 9.53 Å². The van der Waals surface area contributed by atoms with Gasteiger partial charge in [-0.1, -0.05) is 18.2 Å². The van der Waals surface area contributed by atoms with Gasteiger partial charge in [-0.05, 0) is 11.6 Å². The Morgan fingerprint density at radius 1 is 1.38 bits per heavy atom. The molecule has 0 bridgehead atoms. The third-order valence-corrected chi connectivity index (χ3v) is 3.42. The van der Waals surface area contributed by atoms with Crippen molar-refractivity contribution in [1.29, 1.82) is 0 Å². The van der Waals surface area contributed by atoms with Crippen molar-refractivity contribution in [1.82, 2.24) is 20.2 Å². The van der Waals surface area contributed by atoms with Crippen LogP contribution in [0.2, 0.25) is 0 Å². The summed E-state index contributed by atoms with van der Waals surface area (Å²) in [5.74, 6) is 0.921. The zero-order valence-corrected chi connectivity index (χ0v) is 11.7. The minimum absolute atomic E-state index is 0.0156. The van der Waals surface area contributed by atoms with Gasteiger partial charge in [0.1, 0.15) is 11.9 Å². The van der Waals surface area contributed by atoms with Gasteiger partial charge in [0.2, 0.25) is 0 Å². The predicted molar refractivity (Wildman–Crippen MR) is 78.2 cm³/mol. The number of amides is 2. The summed E-state index contributed by atoms with van der Waals surface area (Å²) in [7, 11) is 0. The van der Waals surface area contributed by atoms with Crippen molar-refractivity contribution in [2.75, 3.05) is 13.1 Å². The summed E-state index contributed by atoms with van der Waals surface area (Å²) in [5.41, 5.74) is 1.20. The highest BCUT2D eigenvalue weighted by Crippen LogP contribution is 2.27. The van der Waals surface area contributed by atoms with Gasteiger partial charge in [-0.3, -0.25) is 0 Å². The Morgan fingerprint density at radius 3 is 3.10 bits per heavy atom. The highest BCUT2D eigenvalue weighted by Gasteiger charge is 2.22. The molecule has 1 aliphatic rings. The standard InChI is InChI=1S/C15H18N4O2/c20-15(17-6-8-19-7-5-16-11-19)18-10-13-9-12-3-1-2-4-14(12)21-13/h1-5,7,11,13H,6,8-10H2,(H2,17,18,20). The Labute approximate surface area is 123 Å². The fourth-order valence-electron chi connectivity index (χ4n) is 2.35. The number of nitrogens with zero attached hydrogens (tertiary/aromatic N) is 2. The summed E-state index contributed by atoms with van der Waals surface area (Å²) < 4.78 is 7.68. The first kappa shape index (κ1) is 13.5. The van der Waals surface area contributed by atoms with Gasteiger partial charge in [0.25, 0.3) is 0 Å². The number of aromatic nitrogens is 2. The quantitative estimate of drug-likeness (QED) is 0.867. The molecule has 2 amide bonds. The van der Waals surface area contributed by atoms with E-state index in [0.29, 0.717) is 19.6 Å². The van der Waals surface area contributed by atoms with E-state index in [2.05, 4.69) is 21.7 Å². The summed E-state index contributed by atoms with van der Waals surface area (Å²) in [5, 5.41) is 5.65. The van der Waals surface area contributed by atoms with Gasteiger partial charge in [0.05, 0.1) is 12.9 Å². The minimum Gasteiger partial charge on any atom is -0.488 e. The smallest absolute Gasteiger partial charge is 0.314 e. The van der Waals surface area contributed by atoms with Crippen LogP contribution in [0, 0.1) is 0 Å². The van der Waals surface area contributed by atoms with Gasteiger partial charge in [-0.2, -0.15) is 0 Å². The lowest BCUT2D eigenvalue weighted by atomic mass is 10.1. The molecule has 6 heteroatoms. The Morgan fingerprint density at radius 2 is 2.29 bits per heavy atom. The first-order valence-electron chi connectivity index (χ1n) is 7.03. The molecule has 0 radical (unpaired) electrons. The number of carbonyl (C=O) groups is 1. The molecule has 1 aliphatic heterocycles. The van der Waals surface area contributed by atoms with Crippen LogP contribution in [0.25, 0.3) is 0 Å². The number of rotatable bonds is 5. The van der Waals surface area contributed by atoms with Gasteiger partial charge >= 0.3 is 6.03 Å². The molecular weight excluding hydrogens is 268 g/mol. The maximum absolute atomic E-state index is 11.7. The van der Waals surface area contributed by atoms with Crippen molar-refractivity contribution in [3.63, 3.8) is 0 Å². The van der Waals surface area contributed by atoms with Crippen molar-refractivity contribution in [3.8, 4) is 5.75 Å². The number of hydrogen-bond donors (Lipinski definition) is 2. The van der Waals surface area contributed by atoms with Gasteiger partial charge in [0.15, 0.2) is 0 Å². The molecule has 2 aromatic rings. The Kier molecular flexibility index (Phi) is 4.04. The number of carbonyl (C=O) groups excluding carboxylic acids is 1. The second-order valence-electron chi connectivity index (χ2n) is 4.99. The van der Waals surface area contributed by atoms with Crippen LogP contribution in [0.3, 0.4) is 0 Å². The summed E-state index contributed by atoms with van der Waals surface area (Å²) in [6, 6.07) is 7.80. The third-order valence-electron chi connectivity index (χ3n) is 3.42. The monoisotopic (exact) mass is 286 g/mol. The van der Waals surface area contributed by atoms with E-state index in [1.54, 1.807) is 12.5 Å². The Hall–Kier alpha value is -2.50. The molecule has 1 atom stereocenters. The normalized spacial score (nSPS) is 16.1. The molecular formula is C15H18N4O2. The van der Waals surface area contributed by atoms with E-state index in [9.17, 15) is 4.79 Å². The van der Waals surface area contributed by atoms with E-state index in [-0.39, 0.29) is 12.1 Å². The number of ether oxygens (including phenoxy) is 1. The molecule has 1 aromatic heterocycles. The topological polar surface area (TPSA) is 68.2 Å². The molecule has 1 unspecified atom stereocenters. The lowest BCUT2D eigenvalue weighted by Gasteiger charge is -2.12. The van der Waals surface area contributed by atoms with Gasteiger partial charge in [-0.15, -0.1) is 0 Å². The first-order valence-corrected chi connectivity index (χ1v) is 7.03. The highest BCUT2D eigenvalue weighted by atomic mass is 16.5. The summed E-state index contributed by atoms with van der Waals surface area (Å²) in [4.78, 5) is 15.6. The van der Waals surface area contributed by atoms with Crippen LogP contribution in [0.4, 0.5) is 4.79 Å². The van der Waals surface area contributed by atoms with Crippen LogP contribution in [0.5, 0.6) is 5.75 Å². The fourth-order valence-corrected chi connectivity index (χ4v) is 2.35. The van der Waals surface area contributed by atoms with Crippen LogP contribution < -0.4 is 15.4 Å². The average molecular weight is 286 g/mol. The lowest BCUT2D eigenvalue weighted by Crippen LogP contribution is -2.41. The van der Waals surface area contributed by atoms with E-state index in [1.807, 2.05) is 29.0 Å². The Bertz CT molecular complexity index is 572. The van der Waals surface area contributed by atoms with E-state index < -0.39 is 0 Å². The molecule has 0 saturated heterocycles. The summed E-state index contributed by atoms with van der Waals surface area (Å²) in [6.45, 7) is 1.78. The van der Waals surface area contributed by atoms with Crippen LogP contribution in [-0.4, -0.2) is 34.8 Å². The maximum atomic E-state index is 11.7. The SMILES string of the molecule is O=C(NCCn1ccnc1)NCC1Cc2ccccc2O1. The predicted octanol–water partition coefficient (Wildman–Crippen LogP) is 1.19.